The van der Waals surface area contributed by atoms with Gasteiger partial charge >= 0.3 is 0 Å². The zero-order chi connectivity index (χ0) is 13.6. The van der Waals surface area contributed by atoms with E-state index in [1.54, 1.807) is 0 Å². The molecule has 2 heterocycles. The largest absolute Gasteiger partial charge is 0.393 e. The summed E-state index contributed by atoms with van der Waals surface area (Å²) < 4.78 is 40.3. The van der Waals surface area contributed by atoms with Crippen LogP contribution in [0.1, 0.15) is 25.7 Å². The fourth-order valence-electron chi connectivity index (χ4n) is 3.27. The molecule has 4 nitrogen and oxygen atoms in total. The number of rotatable bonds is 2. The molecule has 1 aromatic carbocycles. The maximum absolute atomic E-state index is 13.7. The number of nitrogens with zero attached hydrogens (tertiary/aromatic N) is 1. The minimum atomic E-state index is -3.80. The van der Waals surface area contributed by atoms with Crippen molar-refractivity contribution in [1.82, 2.24) is 4.31 Å². The summed E-state index contributed by atoms with van der Waals surface area (Å²) in [7, 11) is -3.80. The van der Waals surface area contributed by atoms with Gasteiger partial charge in [-0.15, -0.1) is 0 Å². The summed E-state index contributed by atoms with van der Waals surface area (Å²) in [6.07, 6.45) is 1.95. The van der Waals surface area contributed by atoms with Gasteiger partial charge in [-0.25, -0.2) is 12.8 Å². The Hall–Kier alpha value is -0.980. The highest BCUT2D eigenvalue weighted by Crippen LogP contribution is 2.40. The van der Waals surface area contributed by atoms with Gasteiger partial charge in [-0.1, -0.05) is 12.1 Å². The zero-order valence-electron chi connectivity index (χ0n) is 10.4. The summed E-state index contributed by atoms with van der Waals surface area (Å²) in [5.41, 5.74) is 0. The van der Waals surface area contributed by atoms with Gasteiger partial charge in [0.1, 0.15) is 10.7 Å². The first-order valence-electron chi connectivity index (χ1n) is 6.46. The SMILES string of the molecule is O=S(=O)(c1ccccc1F)N1C2CCC1CC(O)C2. The summed E-state index contributed by atoms with van der Waals surface area (Å²) in [5, 5.41) is 9.70. The van der Waals surface area contributed by atoms with Gasteiger partial charge in [0.15, 0.2) is 0 Å². The fraction of sp³-hybridized carbons (Fsp3) is 0.538. The molecule has 0 aromatic heterocycles. The minimum Gasteiger partial charge on any atom is -0.393 e. The van der Waals surface area contributed by atoms with Crippen LogP contribution in [0.5, 0.6) is 0 Å². The number of hydrogen-bond donors (Lipinski definition) is 1. The van der Waals surface area contributed by atoms with Crippen LogP contribution < -0.4 is 0 Å². The van der Waals surface area contributed by atoms with E-state index in [4.69, 9.17) is 0 Å². The van der Waals surface area contributed by atoms with E-state index in [1.165, 1.54) is 22.5 Å². The lowest BCUT2D eigenvalue weighted by molar-refractivity contribution is 0.0768. The smallest absolute Gasteiger partial charge is 0.246 e. The lowest BCUT2D eigenvalue weighted by atomic mass is 10.0. The number of sulfonamides is 1. The van der Waals surface area contributed by atoms with Crippen molar-refractivity contribution < 1.29 is 17.9 Å². The molecule has 19 heavy (non-hydrogen) atoms. The molecule has 2 atom stereocenters. The van der Waals surface area contributed by atoms with Gasteiger partial charge in [-0.3, -0.25) is 0 Å². The molecule has 0 saturated carbocycles. The van der Waals surface area contributed by atoms with Crippen LogP contribution >= 0.6 is 0 Å². The van der Waals surface area contributed by atoms with Crippen LogP contribution in [0.15, 0.2) is 29.2 Å². The number of halogens is 1. The maximum Gasteiger partial charge on any atom is 0.246 e. The van der Waals surface area contributed by atoms with E-state index < -0.39 is 21.9 Å². The highest BCUT2D eigenvalue weighted by Gasteiger charge is 2.47. The standard InChI is InChI=1S/C13H16FNO3S/c14-12-3-1-2-4-13(12)19(17,18)15-9-5-6-10(15)8-11(16)7-9/h1-4,9-11,16H,5-8H2. The first kappa shape index (κ1) is 13.0. The Morgan fingerprint density at radius 1 is 1.16 bits per heavy atom. The Kier molecular flexibility index (Phi) is 3.11. The molecule has 1 N–H and O–H groups in total. The highest BCUT2D eigenvalue weighted by atomic mass is 32.2. The van der Waals surface area contributed by atoms with Crippen LogP contribution in [0.2, 0.25) is 0 Å². The highest BCUT2D eigenvalue weighted by molar-refractivity contribution is 7.89. The third-order valence-corrected chi connectivity index (χ3v) is 6.07. The van der Waals surface area contributed by atoms with E-state index in [2.05, 4.69) is 0 Å². The van der Waals surface area contributed by atoms with Gasteiger partial charge < -0.3 is 5.11 Å². The summed E-state index contributed by atoms with van der Waals surface area (Å²) in [4.78, 5) is -0.261. The average molecular weight is 285 g/mol. The van der Waals surface area contributed by atoms with Gasteiger partial charge in [-0.05, 0) is 37.8 Å². The number of benzene rings is 1. The van der Waals surface area contributed by atoms with Crippen molar-refractivity contribution in [3.8, 4) is 0 Å². The molecule has 0 radical (unpaired) electrons. The average Bonchev–Trinajstić information content (AvgIpc) is 2.63. The molecule has 2 saturated heterocycles. The fourth-order valence-corrected chi connectivity index (χ4v) is 5.23. The van der Waals surface area contributed by atoms with E-state index in [0.29, 0.717) is 12.8 Å². The normalized spacial score (nSPS) is 31.6. The monoisotopic (exact) mass is 285 g/mol. The summed E-state index contributed by atoms with van der Waals surface area (Å²) in [6, 6.07) is 5.07. The van der Waals surface area contributed by atoms with Crippen molar-refractivity contribution in [2.45, 2.75) is 48.8 Å². The Morgan fingerprint density at radius 3 is 2.32 bits per heavy atom. The molecular weight excluding hydrogens is 269 g/mol. The predicted molar refractivity (Wildman–Crippen MR) is 67.5 cm³/mol. The second-order valence-electron chi connectivity index (χ2n) is 5.28. The third kappa shape index (κ3) is 2.07. The molecular formula is C13H16FNO3S. The van der Waals surface area contributed by atoms with Gasteiger partial charge in [0.2, 0.25) is 10.0 Å². The predicted octanol–water partition coefficient (Wildman–Crippen LogP) is 1.50. The number of aliphatic hydroxyl groups is 1. The van der Waals surface area contributed by atoms with Crippen LogP contribution in [0, 0.1) is 5.82 Å². The van der Waals surface area contributed by atoms with Crippen molar-refractivity contribution in [3.63, 3.8) is 0 Å². The molecule has 2 aliphatic heterocycles. The molecule has 0 aliphatic carbocycles. The van der Waals surface area contributed by atoms with E-state index in [-0.39, 0.29) is 17.0 Å². The summed E-state index contributed by atoms with van der Waals surface area (Å²) >= 11 is 0. The maximum atomic E-state index is 13.7. The lowest BCUT2D eigenvalue weighted by Gasteiger charge is -2.36. The summed E-state index contributed by atoms with van der Waals surface area (Å²) in [6.45, 7) is 0. The third-order valence-electron chi connectivity index (χ3n) is 4.03. The molecule has 2 bridgehead atoms. The van der Waals surface area contributed by atoms with Crippen LogP contribution in [0.3, 0.4) is 0 Å². The molecule has 2 fully saturated rings. The van der Waals surface area contributed by atoms with Crippen LogP contribution in [0.25, 0.3) is 0 Å². The minimum absolute atomic E-state index is 0.196. The van der Waals surface area contributed by atoms with Gasteiger partial charge in [0.25, 0.3) is 0 Å². The molecule has 0 amide bonds. The van der Waals surface area contributed by atoms with E-state index in [9.17, 15) is 17.9 Å². The Labute approximate surface area is 111 Å². The van der Waals surface area contributed by atoms with Gasteiger partial charge in [0, 0.05) is 12.1 Å². The van der Waals surface area contributed by atoms with Crippen molar-refractivity contribution in [2.75, 3.05) is 0 Å². The van der Waals surface area contributed by atoms with E-state index in [1.807, 2.05) is 0 Å². The Balaban J connectivity index is 2.01. The first-order valence-corrected chi connectivity index (χ1v) is 7.90. The Bertz CT molecular complexity index is 575. The zero-order valence-corrected chi connectivity index (χ0v) is 11.2. The molecule has 2 aliphatic rings. The molecule has 3 rings (SSSR count). The van der Waals surface area contributed by atoms with Gasteiger partial charge in [-0.2, -0.15) is 4.31 Å². The van der Waals surface area contributed by atoms with Crippen molar-refractivity contribution in [2.24, 2.45) is 0 Å². The topological polar surface area (TPSA) is 57.6 Å². The summed E-state index contributed by atoms with van der Waals surface area (Å²) in [5.74, 6) is -0.715. The number of hydrogen-bond acceptors (Lipinski definition) is 3. The lowest BCUT2D eigenvalue weighted by Crippen LogP contribution is -2.48. The van der Waals surface area contributed by atoms with E-state index in [0.717, 1.165) is 18.9 Å². The van der Waals surface area contributed by atoms with Crippen molar-refractivity contribution in [1.29, 1.82) is 0 Å². The Morgan fingerprint density at radius 2 is 1.74 bits per heavy atom. The molecule has 0 spiro atoms. The molecule has 2 unspecified atom stereocenters. The second kappa shape index (κ2) is 4.54. The molecule has 1 aromatic rings. The molecule has 104 valence electrons. The molecule has 6 heteroatoms. The quantitative estimate of drug-likeness (QED) is 0.896. The van der Waals surface area contributed by atoms with Gasteiger partial charge in [0.05, 0.1) is 6.10 Å². The van der Waals surface area contributed by atoms with Crippen molar-refractivity contribution >= 4 is 10.0 Å². The van der Waals surface area contributed by atoms with Crippen LogP contribution in [-0.4, -0.2) is 36.0 Å². The number of fused-ring (bicyclic) bond motifs is 2. The second-order valence-corrected chi connectivity index (χ2v) is 7.09. The van der Waals surface area contributed by atoms with Crippen LogP contribution in [0.4, 0.5) is 4.39 Å². The van der Waals surface area contributed by atoms with E-state index >= 15 is 0 Å². The van der Waals surface area contributed by atoms with Crippen molar-refractivity contribution in [3.05, 3.63) is 30.1 Å². The number of piperidine rings is 1. The first-order chi connectivity index (χ1) is 9.00. The number of aliphatic hydroxyl groups excluding tert-OH is 1. The van der Waals surface area contributed by atoms with Crippen LogP contribution in [-0.2, 0) is 10.0 Å².